The number of carboxylic acid groups (broad SMARTS) is 1. The molecule has 0 saturated carbocycles. The molecular weight excluding hydrogens is 356 g/mol. The van der Waals surface area contributed by atoms with Crippen molar-refractivity contribution in [3.05, 3.63) is 0 Å². The van der Waals surface area contributed by atoms with Crippen LogP contribution in [-0.4, -0.2) is 76.1 Å². The van der Waals surface area contributed by atoms with Crippen LogP contribution in [0.2, 0.25) is 0 Å². The average Bonchev–Trinajstić information content (AvgIpc) is 3.07. The summed E-state index contributed by atoms with van der Waals surface area (Å²) in [5.41, 5.74) is 5.45. The number of aliphatic hydroxyl groups is 1. The van der Waals surface area contributed by atoms with E-state index in [0.29, 0.717) is 12.8 Å². The largest absolute Gasteiger partial charge is 0.480 e. The average molecular weight is 386 g/mol. The highest BCUT2D eigenvalue weighted by molar-refractivity contribution is 5.94. The molecule has 1 aliphatic heterocycles. The van der Waals surface area contributed by atoms with Crippen LogP contribution >= 0.6 is 0 Å². The van der Waals surface area contributed by atoms with Gasteiger partial charge >= 0.3 is 5.97 Å². The van der Waals surface area contributed by atoms with Gasteiger partial charge in [-0.25, -0.2) is 4.79 Å². The lowest BCUT2D eigenvalue weighted by atomic mass is 10.0. The fourth-order valence-corrected chi connectivity index (χ4v) is 2.95. The summed E-state index contributed by atoms with van der Waals surface area (Å²) in [6.07, 6.45) is 1.21. The summed E-state index contributed by atoms with van der Waals surface area (Å²) in [5, 5.41) is 23.6. The molecule has 0 radical (unpaired) electrons. The van der Waals surface area contributed by atoms with Crippen molar-refractivity contribution in [3.8, 4) is 0 Å². The third-order valence-corrected chi connectivity index (χ3v) is 4.37. The van der Waals surface area contributed by atoms with Crippen molar-refractivity contribution in [2.45, 2.75) is 64.2 Å². The predicted octanol–water partition coefficient (Wildman–Crippen LogP) is -1.58. The molecule has 1 aliphatic rings. The second-order valence-electron chi connectivity index (χ2n) is 7.25. The van der Waals surface area contributed by atoms with Gasteiger partial charge in [0.1, 0.15) is 18.1 Å². The lowest BCUT2D eigenvalue weighted by Crippen LogP contribution is -2.57. The minimum atomic E-state index is -1.21. The lowest BCUT2D eigenvalue weighted by Gasteiger charge is -2.29. The van der Waals surface area contributed by atoms with Crippen LogP contribution in [-0.2, 0) is 19.2 Å². The molecule has 4 atom stereocenters. The van der Waals surface area contributed by atoms with Crippen molar-refractivity contribution in [1.82, 2.24) is 15.5 Å². The number of carboxylic acids is 1. The molecule has 0 bridgehead atoms. The number of carbonyl (C=O) groups is 4. The van der Waals surface area contributed by atoms with Gasteiger partial charge in [0.05, 0.1) is 12.6 Å². The molecular formula is C17H30N4O6. The van der Waals surface area contributed by atoms with Gasteiger partial charge in [-0.1, -0.05) is 13.8 Å². The number of nitrogens with one attached hydrogen (secondary N) is 2. The summed E-state index contributed by atoms with van der Waals surface area (Å²) in [6.45, 7) is 4.79. The Labute approximate surface area is 158 Å². The summed E-state index contributed by atoms with van der Waals surface area (Å²) >= 11 is 0. The van der Waals surface area contributed by atoms with Crippen molar-refractivity contribution in [3.63, 3.8) is 0 Å². The molecule has 6 N–H and O–H groups in total. The standard InChI is InChI=1S/C17H30N4O6/c1-9(2)7-11(17(26)27)19-15(24)13-5-4-6-21(13)16(25)12(8-22)20-14(23)10(3)18/h9-13,22H,4-8,18H2,1-3H3,(H,19,24)(H,20,23)(H,26,27). The minimum absolute atomic E-state index is 0.0694. The molecule has 0 aliphatic carbocycles. The van der Waals surface area contributed by atoms with Crippen molar-refractivity contribution in [1.29, 1.82) is 0 Å². The second kappa shape index (κ2) is 10.2. The summed E-state index contributed by atoms with van der Waals surface area (Å²) in [4.78, 5) is 49.6. The van der Waals surface area contributed by atoms with Crippen LogP contribution in [0.25, 0.3) is 0 Å². The maximum Gasteiger partial charge on any atom is 0.326 e. The van der Waals surface area contributed by atoms with Crippen LogP contribution in [0.4, 0.5) is 0 Å². The molecule has 154 valence electrons. The van der Waals surface area contributed by atoms with E-state index in [-0.39, 0.29) is 18.9 Å². The molecule has 10 nitrogen and oxygen atoms in total. The van der Waals surface area contributed by atoms with E-state index in [1.807, 2.05) is 13.8 Å². The first kappa shape index (κ1) is 22.8. The predicted molar refractivity (Wildman–Crippen MR) is 96.4 cm³/mol. The number of carbonyl (C=O) groups excluding carboxylic acids is 3. The van der Waals surface area contributed by atoms with E-state index < -0.39 is 54.5 Å². The third-order valence-electron chi connectivity index (χ3n) is 4.37. The Bertz CT molecular complexity index is 566. The van der Waals surface area contributed by atoms with Gasteiger partial charge in [0.15, 0.2) is 0 Å². The molecule has 3 amide bonds. The van der Waals surface area contributed by atoms with Gasteiger partial charge in [0.25, 0.3) is 0 Å². The second-order valence-corrected chi connectivity index (χ2v) is 7.25. The van der Waals surface area contributed by atoms with Crippen molar-refractivity contribution in [2.75, 3.05) is 13.2 Å². The first-order chi connectivity index (χ1) is 12.6. The van der Waals surface area contributed by atoms with Crippen LogP contribution in [0, 0.1) is 5.92 Å². The Balaban J connectivity index is 2.83. The lowest BCUT2D eigenvalue weighted by molar-refractivity contribution is -0.145. The first-order valence-electron chi connectivity index (χ1n) is 9.08. The quantitative estimate of drug-likeness (QED) is 0.319. The number of aliphatic hydroxyl groups excluding tert-OH is 1. The van der Waals surface area contributed by atoms with Crippen LogP contribution in [0.5, 0.6) is 0 Å². The molecule has 1 rings (SSSR count). The molecule has 0 aromatic heterocycles. The number of hydrogen-bond donors (Lipinski definition) is 5. The van der Waals surface area contributed by atoms with Gasteiger partial charge in [0.2, 0.25) is 17.7 Å². The van der Waals surface area contributed by atoms with Gasteiger partial charge in [-0.3, -0.25) is 14.4 Å². The SMILES string of the molecule is CC(C)CC(NC(=O)C1CCCN1C(=O)C(CO)NC(=O)C(C)N)C(=O)O. The number of nitrogens with zero attached hydrogens (tertiary/aromatic N) is 1. The van der Waals surface area contributed by atoms with Gasteiger partial charge in [0, 0.05) is 6.54 Å². The monoisotopic (exact) mass is 386 g/mol. The number of likely N-dealkylation sites (tertiary alicyclic amines) is 1. The number of amides is 3. The highest BCUT2D eigenvalue weighted by atomic mass is 16.4. The molecule has 27 heavy (non-hydrogen) atoms. The van der Waals surface area contributed by atoms with Gasteiger partial charge in [-0.05, 0) is 32.1 Å². The number of aliphatic carboxylic acids is 1. The van der Waals surface area contributed by atoms with E-state index in [1.54, 1.807) is 0 Å². The number of nitrogens with two attached hydrogens (primary N) is 1. The molecule has 0 spiro atoms. The molecule has 0 aromatic rings. The Morgan fingerprint density at radius 2 is 1.78 bits per heavy atom. The van der Waals surface area contributed by atoms with Crippen LogP contribution in [0.3, 0.4) is 0 Å². The topological polar surface area (TPSA) is 162 Å². The number of hydrogen-bond acceptors (Lipinski definition) is 6. The zero-order chi connectivity index (χ0) is 20.7. The summed E-state index contributed by atoms with van der Waals surface area (Å²) in [6, 6.07) is -3.94. The van der Waals surface area contributed by atoms with E-state index in [9.17, 15) is 29.4 Å². The van der Waals surface area contributed by atoms with E-state index in [1.165, 1.54) is 11.8 Å². The van der Waals surface area contributed by atoms with Crippen LogP contribution < -0.4 is 16.4 Å². The van der Waals surface area contributed by atoms with Crippen LogP contribution in [0.1, 0.15) is 40.0 Å². The van der Waals surface area contributed by atoms with Crippen molar-refractivity contribution < 1.29 is 29.4 Å². The zero-order valence-corrected chi connectivity index (χ0v) is 16.0. The Morgan fingerprint density at radius 1 is 1.15 bits per heavy atom. The fraction of sp³-hybridized carbons (Fsp3) is 0.765. The Hall–Kier alpha value is -2.20. The van der Waals surface area contributed by atoms with Crippen molar-refractivity contribution in [2.24, 2.45) is 11.7 Å². The fourth-order valence-electron chi connectivity index (χ4n) is 2.95. The van der Waals surface area contributed by atoms with E-state index in [0.717, 1.165) is 0 Å². The Morgan fingerprint density at radius 3 is 2.26 bits per heavy atom. The molecule has 1 fully saturated rings. The molecule has 4 unspecified atom stereocenters. The van der Waals surface area contributed by atoms with Gasteiger partial charge in [-0.15, -0.1) is 0 Å². The highest BCUT2D eigenvalue weighted by Gasteiger charge is 2.38. The summed E-state index contributed by atoms with van der Waals surface area (Å²) < 4.78 is 0. The number of rotatable bonds is 9. The normalized spacial score (nSPS) is 20.1. The molecule has 0 aromatic carbocycles. The Kier molecular flexibility index (Phi) is 8.64. The molecule has 1 heterocycles. The minimum Gasteiger partial charge on any atom is -0.480 e. The van der Waals surface area contributed by atoms with E-state index in [4.69, 9.17) is 5.73 Å². The van der Waals surface area contributed by atoms with Crippen molar-refractivity contribution >= 4 is 23.7 Å². The molecule has 1 saturated heterocycles. The maximum atomic E-state index is 12.7. The summed E-state index contributed by atoms with van der Waals surface area (Å²) in [7, 11) is 0. The van der Waals surface area contributed by atoms with Gasteiger partial charge in [-0.2, -0.15) is 0 Å². The van der Waals surface area contributed by atoms with E-state index >= 15 is 0 Å². The smallest absolute Gasteiger partial charge is 0.326 e. The summed E-state index contributed by atoms with van der Waals surface area (Å²) in [5.74, 6) is -2.81. The van der Waals surface area contributed by atoms with Gasteiger partial charge < -0.3 is 31.5 Å². The maximum absolute atomic E-state index is 12.7. The zero-order valence-electron chi connectivity index (χ0n) is 16.0. The molecule has 10 heteroatoms. The van der Waals surface area contributed by atoms with E-state index in [2.05, 4.69) is 10.6 Å². The third kappa shape index (κ3) is 6.47. The first-order valence-corrected chi connectivity index (χ1v) is 9.08. The highest BCUT2D eigenvalue weighted by Crippen LogP contribution is 2.19. The van der Waals surface area contributed by atoms with Crippen LogP contribution in [0.15, 0.2) is 0 Å².